The van der Waals surface area contributed by atoms with E-state index in [1.54, 1.807) is 72.8 Å². The van der Waals surface area contributed by atoms with Crippen LogP contribution in [0.2, 0.25) is 13.1 Å². The normalized spacial score (nSPS) is 11.7. The van der Waals surface area contributed by atoms with E-state index in [1.165, 1.54) is 0 Å². The molecule has 0 heterocycles. The van der Waals surface area contributed by atoms with Gasteiger partial charge in [-0.2, -0.15) is 52.7 Å². The van der Waals surface area contributed by atoms with Crippen molar-refractivity contribution in [1.29, 1.82) is 0 Å². The van der Waals surface area contributed by atoms with Crippen LogP contribution in [-0.4, -0.2) is 9.52 Å². The van der Waals surface area contributed by atoms with Gasteiger partial charge in [-0.05, 0) is 80.9 Å². The summed E-state index contributed by atoms with van der Waals surface area (Å²) in [6, 6.07) is 54.7. The Bertz CT molecular complexity index is 3210. The van der Waals surface area contributed by atoms with Gasteiger partial charge in [0, 0.05) is 9.52 Å². The van der Waals surface area contributed by atoms with Crippen LogP contribution in [0, 0.1) is 0 Å². The summed E-state index contributed by atoms with van der Waals surface area (Å²) < 4.78 is 164. The molecule has 10 aromatic rings. The molecule has 0 aliphatic rings. The number of benzene rings is 8. The van der Waals surface area contributed by atoms with Gasteiger partial charge in [0.15, 0.2) is 0 Å². The minimum atomic E-state index is -4.93. The van der Waals surface area contributed by atoms with Crippen molar-refractivity contribution in [1.82, 2.24) is 0 Å². The molecule has 0 aromatic heterocycles. The van der Waals surface area contributed by atoms with Gasteiger partial charge in [-0.3, -0.25) is 0 Å². The van der Waals surface area contributed by atoms with Crippen molar-refractivity contribution in [3.05, 3.63) is 229 Å². The molecule has 0 spiro atoms. The van der Waals surface area contributed by atoms with Crippen molar-refractivity contribution >= 4 is 48.1 Å². The third-order valence-corrected chi connectivity index (χ3v) is 11.9. The number of hydrogen-bond donors (Lipinski definition) is 0. The summed E-state index contributed by atoms with van der Waals surface area (Å²) in [5.74, 6) is 0. The molecule has 0 atom stereocenters. The number of halogens is 14. The van der Waals surface area contributed by atoms with Gasteiger partial charge in [-0.15, -0.1) is 69.1 Å². The van der Waals surface area contributed by atoms with Crippen LogP contribution < -0.4 is 0 Å². The SMILES string of the molecule is C[Si]C.FC(F)(F)c1cc(-c2c(-c3ccccc3)ccc3[cH-]c(-c4ccccc4)cc23)cc(C(F)(F)F)c1.FC(F)(F)c1cc(-c2c(-c3ccccc3)ccc3[cH-]c(-c4ccccc4)cc23)cc(C(F)(F)F)c1.[Cl][Zr+2][Cl]. The Morgan fingerprint density at radius 3 is 0.842 bits per heavy atom. The third kappa shape index (κ3) is 13.9. The van der Waals surface area contributed by atoms with Crippen LogP contribution in [0.4, 0.5) is 52.7 Å². The molecule has 0 fully saturated rings. The van der Waals surface area contributed by atoms with E-state index >= 15 is 0 Å². The fourth-order valence-corrected chi connectivity index (χ4v) is 8.70. The van der Waals surface area contributed by atoms with E-state index in [0.717, 1.165) is 66.8 Å². The Balaban J connectivity index is 0.000000201. The zero-order valence-corrected chi connectivity index (χ0v) is 44.9. The van der Waals surface area contributed by atoms with E-state index in [0.29, 0.717) is 44.2 Å². The predicted molar refractivity (Wildman–Crippen MR) is 281 cm³/mol. The van der Waals surface area contributed by atoms with Crippen LogP contribution in [0.25, 0.3) is 88.3 Å². The minimum absolute atomic E-state index is 0.137. The van der Waals surface area contributed by atoms with Gasteiger partial charge in [-0.1, -0.05) is 158 Å². The Kier molecular flexibility index (Phi) is 18.5. The van der Waals surface area contributed by atoms with Crippen LogP contribution in [0.3, 0.4) is 0 Å². The van der Waals surface area contributed by atoms with Crippen LogP contribution in [0.1, 0.15) is 22.3 Å². The summed E-state index contributed by atoms with van der Waals surface area (Å²) in [4.78, 5) is 0. The second-order valence-corrected chi connectivity index (χ2v) is 21.8. The summed E-state index contributed by atoms with van der Waals surface area (Å²) in [5.41, 5.74) is 0.963. The second kappa shape index (κ2) is 24.4. The quantitative estimate of drug-likeness (QED) is 0.0884. The first-order valence-corrected chi connectivity index (χ1v) is 31.2. The zero-order chi connectivity index (χ0) is 55.0. The van der Waals surface area contributed by atoms with Crippen molar-refractivity contribution in [2.24, 2.45) is 0 Å². The molecule has 0 bridgehead atoms. The van der Waals surface area contributed by atoms with Gasteiger partial charge >= 0.3 is 62.6 Å². The molecule has 0 saturated heterocycles. The first kappa shape index (κ1) is 57.5. The van der Waals surface area contributed by atoms with Crippen molar-refractivity contribution < 1.29 is 73.5 Å². The molecule has 0 aliphatic heterocycles. The summed E-state index contributed by atoms with van der Waals surface area (Å²) in [6.45, 7) is 4.31. The molecule has 0 saturated carbocycles. The summed E-state index contributed by atoms with van der Waals surface area (Å²) >= 11 is -0.826. The molecule has 386 valence electrons. The van der Waals surface area contributed by atoms with Crippen LogP contribution in [0.15, 0.2) is 206 Å². The number of rotatable bonds is 6. The Morgan fingerprint density at radius 2 is 0.592 bits per heavy atom. The first-order valence-electron chi connectivity index (χ1n) is 22.9. The molecule has 2 radical (unpaired) electrons. The average molecular weight is 1180 g/mol. The van der Waals surface area contributed by atoms with Gasteiger partial charge < -0.3 is 0 Å². The fraction of sp³-hybridized carbons (Fsp3) is 0.100. The Labute approximate surface area is 451 Å². The number of hydrogen-bond acceptors (Lipinski definition) is 0. The predicted octanol–water partition coefficient (Wildman–Crippen LogP) is 21.4. The molecule has 0 N–H and O–H groups in total. The van der Waals surface area contributed by atoms with Crippen LogP contribution >= 0.6 is 17.0 Å². The number of alkyl halides is 12. The maximum atomic E-state index is 13.6. The van der Waals surface area contributed by atoms with Gasteiger partial charge in [0.2, 0.25) is 0 Å². The van der Waals surface area contributed by atoms with Gasteiger partial charge in [-0.25, -0.2) is 0 Å². The molecular weight excluding hydrogens is 1140 g/mol. The van der Waals surface area contributed by atoms with E-state index < -0.39 is 67.8 Å². The van der Waals surface area contributed by atoms with Gasteiger partial charge in [0.1, 0.15) is 0 Å². The van der Waals surface area contributed by atoms with Crippen molar-refractivity contribution in [2.75, 3.05) is 0 Å². The zero-order valence-electron chi connectivity index (χ0n) is 39.9. The molecule has 10 rings (SSSR count). The van der Waals surface area contributed by atoms with Crippen LogP contribution in [-0.2, 0) is 45.6 Å². The first-order chi connectivity index (χ1) is 36.0. The molecule has 0 unspecified atom stereocenters. The third-order valence-electron chi connectivity index (χ3n) is 11.9. The maximum absolute atomic E-state index is 13.6. The average Bonchev–Trinajstić information content (AvgIpc) is 4.04. The van der Waals surface area contributed by atoms with Crippen molar-refractivity contribution in [3.8, 4) is 66.8 Å². The molecule has 0 nitrogen and oxygen atoms in total. The fourth-order valence-electron chi connectivity index (χ4n) is 8.70. The summed E-state index contributed by atoms with van der Waals surface area (Å²) in [5, 5.41) is 2.62. The molecule has 16 heteroatoms. The van der Waals surface area contributed by atoms with Crippen LogP contribution in [0.5, 0.6) is 0 Å². The van der Waals surface area contributed by atoms with E-state index in [4.69, 9.17) is 17.0 Å². The molecule has 0 amide bonds. The standard InChI is InChI=1S/2C29H17F6.C2H6Si.2ClH.Zr/c2*30-28(31,32)23-14-22(15-24(17-23)29(33,34)35)27-25(19-9-5-2-6-10-19)12-11-20-13-21(16-26(20)27)18-7-3-1-4-8-18;1-3-2;;;/h2*1-17H;1-2H3;2*1H;/q2*-1;;;;+4/p-2. The molecule has 10 aromatic carbocycles. The van der Waals surface area contributed by atoms with E-state index in [2.05, 4.69) is 13.1 Å². The summed E-state index contributed by atoms with van der Waals surface area (Å²) in [6.07, 6.45) is -19.7. The molecular formula is C60H40Cl2F12SiZr. The van der Waals surface area contributed by atoms with Gasteiger partial charge in [0.25, 0.3) is 0 Å². The Hall–Kier alpha value is -6.18. The topological polar surface area (TPSA) is 0 Å². The Morgan fingerprint density at radius 1 is 0.342 bits per heavy atom. The number of fused-ring (bicyclic) bond motifs is 2. The second-order valence-electron chi connectivity index (χ2n) is 17.1. The van der Waals surface area contributed by atoms with Crippen molar-refractivity contribution in [2.45, 2.75) is 37.8 Å². The van der Waals surface area contributed by atoms with E-state index in [1.807, 2.05) is 97.1 Å². The van der Waals surface area contributed by atoms with Crippen molar-refractivity contribution in [3.63, 3.8) is 0 Å². The van der Waals surface area contributed by atoms with Gasteiger partial charge in [0.05, 0.1) is 22.3 Å². The summed E-state index contributed by atoms with van der Waals surface area (Å²) in [7, 11) is 11.0. The molecule has 0 aliphatic carbocycles. The monoisotopic (exact) mass is 1180 g/mol. The molecule has 76 heavy (non-hydrogen) atoms. The van der Waals surface area contributed by atoms with E-state index in [9.17, 15) is 52.7 Å². The van der Waals surface area contributed by atoms with E-state index in [-0.39, 0.29) is 23.3 Å².